The summed E-state index contributed by atoms with van der Waals surface area (Å²) in [6.45, 7) is 5.63. The third-order valence-electron chi connectivity index (χ3n) is 4.51. The third-order valence-corrected chi connectivity index (χ3v) is 4.51. The van der Waals surface area contributed by atoms with Crippen LogP contribution in [0, 0.1) is 5.92 Å². The molecule has 3 rings (SSSR count). The van der Waals surface area contributed by atoms with E-state index in [1.165, 1.54) is 31.5 Å². The van der Waals surface area contributed by atoms with E-state index in [-0.39, 0.29) is 0 Å². The van der Waals surface area contributed by atoms with Crippen LogP contribution in [0.15, 0.2) is 12.3 Å². The van der Waals surface area contributed by atoms with Gasteiger partial charge in [-0.3, -0.25) is 9.58 Å². The first kappa shape index (κ1) is 13.1. The summed E-state index contributed by atoms with van der Waals surface area (Å²) in [6.07, 6.45) is 7.17. The molecule has 1 N–H and O–H groups in total. The fourth-order valence-corrected chi connectivity index (χ4v) is 3.31. The topological polar surface area (TPSA) is 33.1 Å². The van der Waals surface area contributed by atoms with Crippen molar-refractivity contribution in [2.75, 3.05) is 20.1 Å². The lowest BCUT2D eigenvalue weighted by atomic mass is 9.97. The van der Waals surface area contributed by atoms with Crippen molar-refractivity contribution in [1.29, 1.82) is 0 Å². The Morgan fingerprint density at radius 3 is 2.95 bits per heavy atom. The molecule has 4 nitrogen and oxygen atoms in total. The Balaban J connectivity index is 1.72. The molecular formula is C15H26N4. The molecule has 1 aromatic rings. The summed E-state index contributed by atoms with van der Waals surface area (Å²) in [5, 5.41) is 8.20. The van der Waals surface area contributed by atoms with Crippen LogP contribution in [0.2, 0.25) is 0 Å². The Morgan fingerprint density at radius 1 is 1.37 bits per heavy atom. The van der Waals surface area contributed by atoms with E-state index in [1.54, 1.807) is 0 Å². The van der Waals surface area contributed by atoms with Gasteiger partial charge in [0.2, 0.25) is 0 Å². The number of likely N-dealkylation sites (tertiary alicyclic amines) is 1. The zero-order valence-corrected chi connectivity index (χ0v) is 12.2. The quantitative estimate of drug-likeness (QED) is 0.851. The van der Waals surface area contributed by atoms with Gasteiger partial charge in [-0.15, -0.1) is 0 Å². The number of aryl methyl sites for hydroxylation is 1. The monoisotopic (exact) mass is 262 g/mol. The van der Waals surface area contributed by atoms with Gasteiger partial charge in [0.1, 0.15) is 0 Å². The third kappa shape index (κ3) is 2.84. The Labute approximate surface area is 116 Å². The molecule has 0 spiro atoms. The van der Waals surface area contributed by atoms with Gasteiger partial charge in [-0.1, -0.05) is 6.92 Å². The average Bonchev–Trinajstić information content (AvgIpc) is 3.02. The zero-order chi connectivity index (χ0) is 13.2. The lowest BCUT2D eigenvalue weighted by Gasteiger charge is -2.26. The van der Waals surface area contributed by atoms with E-state index in [0.717, 1.165) is 31.5 Å². The standard InChI is InChI=1S/C15H26N4/c1-3-9-19-14(6-8-17-19)15-12(7-10-18(15)2)11-16-13-4-5-13/h6,8,12-13,15-16H,3-5,7,9-11H2,1-2H3. The minimum Gasteiger partial charge on any atom is -0.314 e. The fourth-order valence-electron chi connectivity index (χ4n) is 3.31. The van der Waals surface area contributed by atoms with Gasteiger partial charge in [-0.2, -0.15) is 5.10 Å². The number of nitrogens with zero attached hydrogens (tertiary/aromatic N) is 3. The molecule has 1 saturated heterocycles. The molecule has 0 radical (unpaired) electrons. The van der Waals surface area contributed by atoms with Crippen LogP contribution in [-0.2, 0) is 6.54 Å². The zero-order valence-electron chi connectivity index (χ0n) is 12.2. The maximum absolute atomic E-state index is 4.50. The van der Waals surface area contributed by atoms with Gasteiger partial charge in [0, 0.05) is 25.3 Å². The van der Waals surface area contributed by atoms with Crippen molar-refractivity contribution in [3.8, 4) is 0 Å². The van der Waals surface area contributed by atoms with Crippen LogP contribution in [0.5, 0.6) is 0 Å². The molecule has 1 aliphatic heterocycles. The second-order valence-electron chi connectivity index (χ2n) is 6.14. The van der Waals surface area contributed by atoms with Crippen LogP contribution in [0.3, 0.4) is 0 Å². The van der Waals surface area contributed by atoms with Gasteiger partial charge >= 0.3 is 0 Å². The first-order valence-corrected chi connectivity index (χ1v) is 7.75. The van der Waals surface area contributed by atoms with E-state index in [2.05, 4.69) is 40.0 Å². The summed E-state index contributed by atoms with van der Waals surface area (Å²) in [4.78, 5) is 2.50. The number of hydrogen-bond donors (Lipinski definition) is 1. The van der Waals surface area contributed by atoms with Crippen molar-refractivity contribution in [3.05, 3.63) is 18.0 Å². The Kier molecular flexibility index (Phi) is 3.89. The van der Waals surface area contributed by atoms with Crippen molar-refractivity contribution in [1.82, 2.24) is 20.0 Å². The second kappa shape index (κ2) is 5.63. The highest BCUT2D eigenvalue weighted by atomic mass is 15.3. The molecule has 1 aromatic heterocycles. The second-order valence-corrected chi connectivity index (χ2v) is 6.14. The minimum absolute atomic E-state index is 0.542. The number of aromatic nitrogens is 2. The van der Waals surface area contributed by atoms with Crippen LogP contribution in [0.1, 0.15) is 44.3 Å². The smallest absolute Gasteiger partial charge is 0.0559 e. The lowest BCUT2D eigenvalue weighted by Crippen LogP contribution is -2.31. The van der Waals surface area contributed by atoms with Gasteiger partial charge in [-0.05, 0) is 51.3 Å². The van der Waals surface area contributed by atoms with Crippen LogP contribution in [0.25, 0.3) is 0 Å². The molecule has 4 heteroatoms. The highest BCUT2D eigenvalue weighted by molar-refractivity contribution is 5.11. The molecule has 2 atom stereocenters. The summed E-state index contributed by atoms with van der Waals surface area (Å²) in [7, 11) is 2.26. The predicted molar refractivity (Wildman–Crippen MR) is 77.0 cm³/mol. The van der Waals surface area contributed by atoms with Crippen molar-refractivity contribution >= 4 is 0 Å². The fraction of sp³-hybridized carbons (Fsp3) is 0.800. The molecule has 2 unspecified atom stereocenters. The van der Waals surface area contributed by atoms with Crippen molar-refractivity contribution < 1.29 is 0 Å². The SMILES string of the molecule is CCCn1nccc1C1C(CNC2CC2)CCN1C. The molecule has 0 aromatic carbocycles. The van der Waals surface area contributed by atoms with Crippen LogP contribution >= 0.6 is 0 Å². The molecular weight excluding hydrogens is 236 g/mol. The first-order valence-electron chi connectivity index (χ1n) is 7.75. The van der Waals surface area contributed by atoms with Crippen molar-refractivity contribution in [2.24, 2.45) is 5.92 Å². The molecule has 0 amide bonds. The molecule has 1 saturated carbocycles. The maximum Gasteiger partial charge on any atom is 0.0559 e. The van der Waals surface area contributed by atoms with Crippen molar-refractivity contribution in [3.63, 3.8) is 0 Å². The van der Waals surface area contributed by atoms with Gasteiger partial charge in [0.05, 0.1) is 11.7 Å². The summed E-state index contributed by atoms with van der Waals surface area (Å²) < 4.78 is 2.20. The summed E-state index contributed by atoms with van der Waals surface area (Å²) >= 11 is 0. The number of nitrogens with one attached hydrogen (secondary N) is 1. The van der Waals surface area contributed by atoms with Crippen LogP contribution in [0.4, 0.5) is 0 Å². The number of rotatable bonds is 6. The average molecular weight is 262 g/mol. The predicted octanol–water partition coefficient (Wildman–Crippen LogP) is 2.04. The molecule has 19 heavy (non-hydrogen) atoms. The highest BCUT2D eigenvalue weighted by Crippen LogP contribution is 2.36. The van der Waals surface area contributed by atoms with E-state index < -0.39 is 0 Å². The first-order chi connectivity index (χ1) is 9.29. The normalized spacial score (nSPS) is 28.1. The largest absolute Gasteiger partial charge is 0.314 e. The Bertz CT molecular complexity index is 410. The van der Waals surface area contributed by atoms with E-state index >= 15 is 0 Å². The van der Waals surface area contributed by atoms with Gasteiger partial charge in [0.25, 0.3) is 0 Å². The van der Waals surface area contributed by atoms with Gasteiger partial charge in [-0.25, -0.2) is 0 Å². The summed E-state index contributed by atoms with van der Waals surface area (Å²) in [5.74, 6) is 0.734. The van der Waals surface area contributed by atoms with E-state index in [1.807, 2.05) is 6.20 Å². The Hall–Kier alpha value is -0.870. The molecule has 1 aliphatic carbocycles. The highest BCUT2D eigenvalue weighted by Gasteiger charge is 2.35. The van der Waals surface area contributed by atoms with Crippen molar-refractivity contribution in [2.45, 2.75) is 51.2 Å². The minimum atomic E-state index is 0.542. The van der Waals surface area contributed by atoms with E-state index in [4.69, 9.17) is 0 Å². The summed E-state index contributed by atoms with van der Waals surface area (Å²) in [6, 6.07) is 3.57. The molecule has 0 bridgehead atoms. The van der Waals surface area contributed by atoms with E-state index in [9.17, 15) is 0 Å². The lowest BCUT2D eigenvalue weighted by molar-refractivity contribution is 0.256. The maximum atomic E-state index is 4.50. The molecule has 2 fully saturated rings. The van der Waals surface area contributed by atoms with Crippen LogP contribution in [-0.4, -0.2) is 40.9 Å². The number of hydrogen-bond acceptors (Lipinski definition) is 3. The Morgan fingerprint density at radius 2 is 2.21 bits per heavy atom. The molecule has 2 heterocycles. The summed E-state index contributed by atoms with van der Waals surface area (Å²) in [5.41, 5.74) is 1.41. The van der Waals surface area contributed by atoms with E-state index in [0.29, 0.717) is 6.04 Å². The van der Waals surface area contributed by atoms with Crippen LogP contribution < -0.4 is 5.32 Å². The molecule has 2 aliphatic rings. The molecule has 106 valence electrons. The van der Waals surface area contributed by atoms with Gasteiger partial charge in [0.15, 0.2) is 0 Å². The van der Waals surface area contributed by atoms with Gasteiger partial charge < -0.3 is 5.32 Å².